The normalized spacial score (nSPS) is 12.1. The van der Waals surface area contributed by atoms with Gasteiger partial charge in [-0.15, -0.1) is 10.2 Å². The van der Waals surface area contributed by atoms with Gasteiger partial charge < -0.3 is 14.3 Å². The van der Waals surface area contributed by atoms with Gasteiger partial charge in [0.1, 0.15) is 0 Å². The van der Waals surface area contributed by atoms with Gasteiger partial charge in [-0.2, -0.15) is 0 Å². The molecule has 7 heteroatoms. The smallest absolute Gasteiger partial charge is 0.230 e. The van der Waals surface area contributed by atoms with Crippen LogP contribution in [0, 0.1) is 0 Å². The van der Waals surface area contributed by atoms with Crippen molar-refractivity contribution in [1.82, 2.24) is 20.1 Å². The Labute approximate surface area is 144 Å². The predicted octanol–water partition coefficient (Wildman–Crippen LogP) is 3.04. The molecule has 24 heavy (non-hydrogen) atoms. The molecule has 3 rings (SSSR count). The quantitative estimate of drug-likeness (QED) is 0.697. The van der Waals surface area contributed by atoms with Crippen molar-refractivity contribution in [3.63, 3.8) is 0 Å². The number of thioether (sulfide) groups is 1. The number of carbonyl (C=O) groups excluding carboxylic acids is 1. The second kappa shape index (κ2) is 7.35. The van der Waals surface area contributed by atoms with Crippen LogP contribution in [0.5, 0.6) is 0 Å². The van der Waals surface area contributed by atoms with E-state index in [4.69, 9.17) is 4.42 Å². The van der Waals surface area contributed by atoms with Crippen molar-refractivity contribution in [1.29, 1.82) is 0 Å². The lowest BCUT2D eigenvalue weighted by molar-refractivity contribution is -0.119. The highest BCUT2D eigenvalue weighted by Gasteiger charge is 2.15. The lowest BCUT2D eigenvalue weighted by Crippen LogP contribution is -2.28. The Morgan fingerprint density at radius 1 is 1.25 bits per heavy atom. The first-order valence-electron chi connectivity index (χ1n) is 7.55. The molecule has 124 valence electrons. The molecule has 1 N–H and O–H groups in total. The van der Waals surface area contributed by atoms with Gasteiger partial charge in [-0.1, -0.05) is 42.1 Å². The molecule has 0 spiro atoms. The van der Waals surface area contributed by atoms with Gasteiger partial charge in [0, 0.05) is 7.05 Å². The maximum Gasteiger partial charge on any atom is 0.230 e. The predicted molar refractivity (Wildman–Crippen MR) is 92.4 cm³/mol. The van der Waals surface area contributed by atoms with Crippen LogP contribution in [0.3, 0.4) is 0 Å². The summed E-state index contributed by atoms with van der Waals surface area (Å²) in [5.74, 6) is 1.53. The summed E-state index contributed by atoms with van der Waals surface area (Å²) in [5.41, 5.74) is 1.08. The minimum atomic E-state index is -0.0427. The molecule has 2 heterocycles. The highest BCUT2D eigenvalue weighted by atomic mass is 32.2. The number of furan rings is 1. The largest absolute Gasteiger partial charge is 0.461 e. The Balaban J connectivity index is 1.57. The van der Waals surface area contributed by atoms with Crippen LogP contribution in [0.2, 0.25) is 0 Å². The average Bonchev–Trinajstić information content (AvgIpc) is 3.23. The van der Waals surface area contributed by atoms with Gasteiger partial charge in [-0.3, -0.25) is 4.79 Å². The monoisotopic (exact) mass is 342 g/mol. The van der Waals surface area contributed by atoms with E-state index in [0.717, 1.165) is 5.56 Å². The number of rotatable bonds is 6. The topological polar surface area (TPSA) is 73.0 Å². The lowest BCUT2D eigenvalue weighted by atomic mass is 10.1. The van der Waals surface area contributed by atoms with E-state index in [9.17, 15) is 4.79 Å². The van der Waals surface area contributed by atoms with Crippen molar-refractivity contribution in [2.45, 2.75) is 18.1 Å². The molecule has 3 aromatic rings. The van der Waals surface area contributed by atoms with E-state index in [1.807, 2.05) is 54.9 Å². The van der Waals surface area contributed by atoms with Gasteiger partial charge >= 0.3 is 0 Å². The van der Waals surface area contributed by atoms with Gasteiger partial charge in [0.05, 0.1) is 18.1 Å². The van der Waals surface area contributed by atoms with Gasteiger partial charge in [-0.25, -0.2) is 0 Å². The first kappa shape index (κ1) is 16.3. The van der Waals surface area contributed by atoms with Gasteiger partial charge in [0.25, 0.3) is 0 Å². The van der Waals surface area contributed by atoms with Crippen LogP contribution in [0.15, 0.2) is 58.3 Å². The van der Waals surface area contributed by atoms with Crippen LogP contribution in [0.4, 0.5) is 0 Å². The first-order chi connectivity index (χ1) is 11.6. The van der Waals surface area contributed by atoms with E-state index in [0.29, 0.717) is 16.7 Å². The van der Waals surface area contributed by atoms with Crippen molar-refractivity contribution >= 4 is 17.7 Å². The molecule has 0 fully saturated rings. The number of hydrogen-bond donors (Lipinski definition) is 1. The summed E-state index contributed by atoms with van der Waals surface area (Å²) in [5, 5.41) is 11.9. The third-order valence-corrected chi connectivity index (χ3v) is 4.61. The number of amides is 1. The number of nitrogens with zero attached hydrogens (tertiary/aromatic N) is 3. The third-order valence-electron chi connectivity index (χ3n) is 3.59. The summed E-state index contributed by atoms with van der Waals surface area (Å²) in [4.78, 5) is 12.1. The summed E-state index contributed by atoms with van der Waals surface area (Å²) >= 11 is 1.35. The zero-order valence-corrected chi connectivity index (χ0v) is 14.3. The number of nitrogens with one attached hydrogen (secondary N) is 1. The van der Waals surface area contributed by atoms with Crippen LogP contribution in [-0.2, 0) is 11.8 Å². The standard InChI is InChI=1S/C17H18N4O2S/c1-12(13-7-4-3-5-8-13)18-15(22)11-24-17-20-19-16(21(17)2)14-9-6-10-23-14/h3-10,12H,11H2,1-2H3,(H,18,22)/t12-/m0/s1. The zero-order valence-electron chi connectivity index (χ0n) is 13.5. The van der Waals surface area contributed by atoms with E-state index in [-0.39, 0.29) is 17.7 Å². The summed E-state index contributed by atoms with van der Waals surface area (Å²) in [6, 6.07) is 13.5. The van der Waals surface area contributed by atoms with Crippen LogP contribution in [0.25, 0.3) is 11.6 Å². The summed E-state index contributed by atoms with van der Waals surface area (Å²) < 4.78 is 7.15. The highest BCUT2D eigenvalue weighted by Crippen LogP contribution is 2.22. The number of hydrogen-bond acceptors (Lipinski definition) is 5. The van der Waals surface area contributed by atoms with Crippen molar-refractivity contribution in [3.8, 4) is 11.6 Å². The van der Waals surface area contributed by atoms with Gasteiger partial charge in [-0.05, 0) is 24.6 Å². The fourth-order valence-corrected chi connectivity index (χ4v) is 3.02. The summed E-state index contributed by atoms with van der Waals surface area (Å²) in [6.45, 7) is 1.97. The molecular formula is C17H18N4O2S. The molecule has 0 unspecified atom stereocenters. The fourth-order valence-electron chi connectivity index (χ4n) is 2.30. The molecule has 1 atom stereocenters. The highest BCUT2D eigenvalue weighted by molar-refractivity contribution is 7.99. The minimum absolute atomic E-state index is 0.0301. The molecule has 0 saturated carbocycles. The Bertz CT molecular complexity index is 799. The molecule has 1 amide bonds. The van der Waals surface area contributed by atoms with Gasteiger partial charge in [0.15, 0.2) is 16.7 Å². The SMILES string of the molecule is C[C@H](NC(=O)CSc1nnc(-c2ccco2)n1C)c1ccccc1. The fraction of sp³-hybridized carbons (Fsp3) is 0.235. The lowest BCUT2D eigenvalue weighted by Gasteiger charge is -2.13. The second-order valence-electron chi connectivity index (χ2n) is 5.33. The maximum absolute atomic E-state index is 12.1. The molecule has 2 aromatic heterocycles. The van der Waals surface area contributed by atoms with Crippen LogP contribution >= 0.6 is 11.8 Å². The molecule has 0 aliphatic heterocycles. The van der Waals surface area contributed by atoms with Crippen LogP contribution in [-0.4, -0.2) is 26.4 Å². The Kier molecular flexibility index (Phi) is 5.00. The molecule has 1 aromatic carbocycles. The summed E-state index contributed by atoms with van der Waals surface area (Å²) in [7, 11) is 1.85. The number of aromatic nitrogens is 3. The third kappa shape index (κ3) is 3.68. The van der Waals surface area contributed by atoms with Crippen LogP contribution < -0.4 is 5.32 Å². The van der Waals surface area contributed by atoms with E-state index >= 15 is 0 Å². The Morgan fingerprint density at radius 3 is 2.75 bits per heavy atom. The van der Waals surface area contributed by atoms with Crippen LogP contribution in [0.1, 0.15) is 18.5 Å². The van der Waals surface area contributed by atoms with Gasteiger partial charge in [0.2, 0.25) is 5.91 Å². The average molecular weight is 342 g/mol. The second-order valence-corrected chi connectivity index (χ2v) is 6.27. The molecule has 6 nitrogen and oxygen atoms in total. The van der Waals surface area contributed by atoms with E-state index in [1.54, 1.807) is 12.3 Å². The van der Waals surface area contributed by atoms with E-state index < -0.39 is 0 Å². The molecule has 0 radical (unpaired) electrons. The molecule has 0 aliphatic rings. The van der Waals surface area contributed by atoms with E-state index in [1.165, 1.54) is 11.8 Å². The zero-order chi connectivity index (χ0) is 16.9. The first-order valence-corrected chi connectivity index (χ1v) is 8.54. The number of carbonyl (C=O) groups is 1. The van der Waals surface area contributed by atoms with E-state index in [2.05, 4.69) is 15.5 Å². The van der Waals surface area contributed by atoms with Crippen molar-refractivity contribution in [3.05, 3.63) is 54.3 Å². The summed E-state index contributed by atoms with van der Waals surface area (Å²) in [6.07, 6.45) is 1.59. The van der Waals surface area contributed by atoms with Crippen molar-refractivity contribution in [2.24, 2.45) is 7.05 Å². The molecular weight excluding hydrogens is 324 g/mol. The number of benzene rings is 1. The Morgan fingerprint density at radius 2 is 2.04 bits per heavy atom. The van der Waals surface area contributed by atoms with Crippen molar-refractivity contribution < 1.29 is 9.21 Å². The molecule has 0 bridgehead atoms. The molecule has 0 aliphatic carbocycles. The molecule has 0 saturated heterocycles. The minimum Gasteiger partial charge on any atom is -0.461 e. The Hall–Kier alpha value is -2.54. The van der Waals surface area contributed by atoms with Crippen molar-refractivity contribution in [2.75, 3.05) is 5.75 Å². The maximum atomic E-state index is 12.1.